The Kier molecular flexibility index (Phi) is 7.38. The molecule has 0 unspecified atom stereocenters. The molecule has 1 heterocycles. The van der Waals surface area contributed by atoms with Gasteiger partial charge < -0.3 is 14.8 Å². The highest BCUT2D eigenvalue weighted by Crippen LogP contribution is 2.22. The number of rotatable bonds is 9. The van der Waals surface area contributed by atoms with E-state index in [1.807, 2.05) is 0 Å². The highest BCUT2D eigenvalue weighted by atomic mass is 32.2. The van der Waals surface area contributed by atoms with Crippen molar-refractivity contribution in [3.8, 4) is 5.75 Å². The predicted molar refractivity (Wildman–Crippen MR) is 119 cm³/mol. The minimum atomic E-state index is -4.10. The van der Waals surface area contributed by atoms with Gasteiger partial charge in [0.2, 0.25) is 10.0 Å². The van der Waals surface area contributed by atoms with Crippen LogP contribution in [0.4, 0.5) is 5.69 Å². The lowest BCUT2D eigenvalue weighted by atomic mass is 10.1. The highest BCUT2D eigenvalue weighted by molar-refractivity contribution is 7.89. The van der Waals surface area contributed by atoms with Crippen molar-refractivity contribution < 1.29 is 27.5 Å². The molecule has 32 heavy (non-hydrogen) atoms. The highest BCUT2D eigenvalue weighted by Gasteiger charge is 2.31. The summed E-state index contributed by atoms with van der Waals surface area (Å²) in [5.74, 6) is -1.23. The monoisotopic (exact) mass is 478 g/mol. The van der Waals surface area contributed by atoms with E-state index in [9.17, 15) is 18.0 Å². The molecule has 3 rings (SSSR count). The Hall–Kier alpha value is -3.09. The topological polar surface area (TPSA) is 137 Å². The number of fused-ring (bicyclic) bond motifs is 1. The summed E-state index contributed by atoms with van der Waals surface area (Å²) in [5, 5.41) is 2.58. The molecule has 2 aromatic carbocycles. The van der Waals surface area contributed by atoms with E-state index in [1.165, 1.54) is 13.2 Å². The summed E-state index contributed by atoms with van der Waals surface area (Å²) < 4.78 is 46.4. The summed E-state index contributed by atoms with van der Waals surface area (Å²) in [5.41, 5.74) is 1.16. The summed E-state index contributed by atoms with van der Waals surface area (Å²) >= 11 is 0.893. The van der Waals surface area contributed by atoms with Gasteiger partial charge in [-0.1, -0.05) is 19.9 Å². The number of carbonyl (C=O) groups excluding carboxylic acids is 2. The molecule has 0 saturated carbocycles. The van der Waals surface area contributed by atoms with Gasteiger partial charge in [-0.25, -0.2) is 8.42 Å². The van der Waals surface area contributed by atoms with Gasteiger partial charge in [0.05, 0.1) is 18.8 Å². The van der Waals surface area contributed by atoms with Crippen molar-refractivity contribution in [1.82, 2.24) is 13.5 Å². The maximum Gasteiger partial charge on any atom is 0.324 e. The van der Waals surface area contributed by atoms with E-state index in [-0.39, 0.29) is 10.4 Å². The number of nitrogens with one attached hydrogen (secondary N) is 2. The summed E-state index contributed by atoms with van der Waals surface area (Å²) in [6.07, 6.45) is 0. The van der Waals surface area contributed by atoms with Gasteiger partial charge in [-0.05, 0) is 42.3 Å². The molecule has 0 saturated heterocycles. The molecule has 2 N–H and O–H groups in total. The van der Waals surface area contributed by atoms with Crippen LogP contribution in [-0.2, 0) is 24.3 Å². The second-order valence-electron chi connectivity index (χ2n) is 7.12. The average Bonchev–Trinajstić information content (AvgIpc) is 3.25. The number of amides is 1. The van der Waals surface area contributed by atoms with E-state index in [4.69, 9.17) is 9.47 Å². The van der Waals surface area contributed by atoms with Crippen LogP contribution in [0.3, 0.4) is 0 Å². The zero-order chi connectivity index (χ0) is 23.3. The molecule has 0 radical (unpaired) electrons. The molecule has 0 aliphatic carbocycles. The van der Waals surface area contributed by atoms with Gasteiger partial charge in [0.25, 0.3) is 5.91 Å². The Morgan fingerprint density at radius 2 is 1.81 bits per heavy atom. The molecule has 1 atom stereocenters. The first-order valence-corrected chi connectivity index (χ1v) is 11.8. The fourth-order valence-electron chi connectivity index (χ4n) is 2.78. The van der Waals surface area contributed by atoms with Crippen LogP contribution in [0.15, 0.2) is 47.4 Å². The molecule has 1 amide bonds. The van der Waals surface area contributed by atoms with Gasteiger partial charge in [0, 0.05) is 5.69 Å². The minimum Gasteiger partial charge on any atom is -0.497 e. The van der Waals surface area contributed by atoms with Gasteiger partial charge in [-0.2, -0.15) is 13.5 Å². The second kappa shape index (κ2) is 10.0. The molecule has 0 spiro atoms. The van der Waals surface area contributed by atoms with E-state index < -0.39 is 40.5 Å². The number of anilines is 1. The Bertz CT molecular complexity index is 1210. The number of nitrogens with zero attached hydrogens (tertiary/aromatic N) is 2. The maximum atomic E-state index is 12.9. The molecule has 0 aliphatic rings. The summed E-state index contributed by atoms with van der Waals surface area (Å²) in [7, 11) is -2.57. The quantitative estimate of drug-likeness (QED) is 0.447. The standard InChI is InChI=1S/C20H22N4O6S2/c1-12(2)18(24-32(27,28)16-6-4-5-15-19(16)23-31-22-15)20(26)30-11-17(25)21-13-7-9-14(29-3)10-8-13/h4-10,12,18,24H,11H2,1-3H3,(H,21,25)/t18-/m0/s1. The number of benzene rings is 2. The smallest absolute Gasteiger partial charge is 0.324 e. The van der Waals surface area contributed by atoms with Crippen LogP contribution >= 0.6 is 11.7 Å². The lowest BCUT2D eigenvalue weighted by Gasteiger charge is -2.20. The van der Waals surface area contributed by atoms with Crippen LogP contribution in [0.25, 0.3) is 11.0 Å². The van der Waals surface area contributed by atoms with Gasteiger partial charge in [-0.15, -0.1) is 0 Å². The molecular weight excluding hydrogens is 456 g/mol. The third-order valence-electron chi connectivity index (χ3n) is 4.46. The van der Waals surface area contributed by atoms with Crippen molar-refractivity contribution in [2.75, 3.05) is 19.0 Å². The van der Waals surface area contributed by atoms with Crippen LogP contribution in [-0.4, -0.2) is 48.8 Å². The van der Waals surface area contributed by atoms with Crippen molar-refractivity contribution in [1.29, 1.82) is 0 Å². The number of aromatic nitrogens is 2. The number of carbonyl (C=O) groups is 2. The van der Waals surface area contributed by atoms with Gasteiger partial charge in [0.15, 0.2) is 6.61 Å². The van der Waals surface area contributed by atoms with E-state index in [1.54, 1.807) is 50.2 Å². The lowest BCUT2D eigenvalue weighted by molar-refractivity contribution is -0.150. The molecular formula is C20H22N4O6S2. The molecule has 170 valence electrons. The largest absolute Gasteiger partial charge is 0.497 e. The Morgan fingerprint density at radius 1 is 1.09 bits per heavy atom. The molecule has 0 bridgehead atoms. The van der Waals surface area contributed by atoms with Gasteiger partial charge >= 0.3 is 5.97 Å². The lowest BCUT2D eigenvalue weighted by Crippen LogP contribution is -2.45. The van der Waals surface area contributed by atoms with Crippen LogP contribution in [0, 0.1) is 5.92 Å². The number of ether oxygens (including phenoxy) is 2. The van der Waals surface area contributed by atoms with Crippen LogP contribution in [0.5, 0.6) is 5.75 Å². The van der Waals surface area contributed by atoms with Crippen molar-refractivity contribution in [3.05, 3.63) is 42.5 Å². The van der Waals surface area contributed by atoms with E-state index in [2.05, 4.69) is 18.8 Å². The first kappa shape index (κ1) is 23.6. The zero-order valence-corrected chi connectivity index (χ0v) is 19.2. The zero-order valence-electron chi connectivity index (χ0n) is 17.6. The fraction of sp³-hybridized carbons (Fsp3) is 0.300. The van der Waals surface area contributed by atoms with Crippen LogP contribution in [0.2, 0.25) is 0 Å². The predicted octanol–water partition coefficient (Wildman–Crippen LogP) is 2.18. The molecule has 3 aromatic rings. The van der Waals surface area contributed by atoms with Crippen molar-refractivity contribution in [3.63, 3.8) is 0 Å². The summed E-state index contributed by atoms with van der Waals surface area (Å²) in [4.78, 5) is 24.6. The van der Waals surface area contributed by atoms with Crippen LogP contribution in [0.1, 0.15) is 13.8 Å². The van der Waals surface area contributed by atoms with Crippen molar-refractivity contribution >= 4 is 50.3 Å². The summed E-state index contributed by atoms with van der Waals surface area (Å²) in [6, 6.07) is 9.99. The number of methoxy groups -OCH3 is 1. The Labute approximate surface area is 189 Å². The first-order valence-electron chi connectivity index (χ1n) is 9.55. The third-order valence-corrected chi connectivity index (χ3v) is 6.48. The van der Waals surface area contributed by atoms with E-state index in [0.29, 0.717) is 17.0 Å². The number of hydrogen-bond donors (Lipinski definition) is 2. The minimum absolute atomic E-state index is 0.0838. The van der Waals surface area contributed by atoms with Crippen LogP contribution < -0.4 is 14.8 Å². The Balaban J connectivity index is 1.65. The molecule has 0 fully saturated rings. The average molecular weight is 479 g/mol. The molecule has 1 aromatic heterocycles. The first-order chi connectivity index (χ1) is 15.2. The maximum absolute atomic E-state index is 12.9. The second-order valence-corrected chi connectivity index (χ2v) is 9.33. The number of esters is 1. The van der Waals surface area contributed by atoms with E-state index in [0.717, 1.165) is 11.7 Å². The SMILES string of the molecule is COc1ccc(NC(=O)COC(=O)[C@@H](NS(=O)(=O)c2cccc3nsnc23)C(C)C)cc1. The third kappa shape index (κ3) is 5.58. The molecule has 10 nitrogen and oxygen atoms in total. The fourth-order valence-corrected chi connectivity index (χ4v) is 4.88. The normalized spacial score (nSPS) is 12.5. The van der Waals surface area contributed by atoms with E-state index >= 15 is 0 Å². The van der Waals surface area contributed by atoms with Gasteiger partial charge in [-0.3, -0.25) is 9.59 Å². The number of sulfonamides is 1. The number of hydrogen-bond acceptors (Lipinski definition) is 9. The molecule has 0 aliphatic heterocycles. The van der Waals surface area contributed by atoms with Crippen molar-refractivity contribution in [2.24, 2.45) is 5.92 Å². The van der Waals surface area contributed by atoms with Gasteiger partial charge in [0.1, 0.15) is 27.7 Å². The summed E-state index contributed by atoms with van der Waals surface area (Å²) in [6.45, 7) is 2.76. The molecule has 12 heteroatoms. The van der Waals surface area contributed by atoms with Crippen molar-refractivity contribution in [2.45, 2.75) is 24.8 Å². The Morgan fingerprint density at radius 3 is 2.47 bits per heavy atom.